The molecule has 2 aromatic heterocycles. The summed E-state index contributed by atoms with van der Waals surface area (Å²) >= 11 is 1.08. The molecule has 138 valence electrons. The van der Waals surface area contributed by atoms with Gasteiger partial charge in [-0.2, -0.15) is 4.98 Å². The van der Waals surface area contributed by atoms with E-state index in [2.05, 4.69) is 14.9 Å². The minimum atomic E-state index is -3.57. The Hall–Kier alpha value is -2.10. The number of aromatic nitrogens is 2. The molecule has 1 aromatic carbocycles. The second-order valence-corrected chi connectivity index (χ2v) is 9.07. The van der Waals surface area contributed by atoms with Gasteiger partial charge < -0.3 is 4.52 Å². The van der Waals surface area contributed by atoms with Gasteiger partial charge in [-0.05, 0) is 30.5 Å². The van der Waals surface area contributed by atoms with E-state index in [1.54, 1.807) is 17.5 Å². The summed E-state index contributed by atoms with van der Waals surface area (Å²) in [5.74, 6) is 0.441. The van der Waals surface area contributed by atoms with Gasteiger partial charge in [0.15, 0.2) is 0 Å². The predicted octanol–water partition coefficient (Wildman–Crippen LogP) is 3.93. The van der Waals surface area contributed by atoms with E-state index >= 15 is 0 Å². The third kappa shape index (κ3) is 4.35. The summed E-state index contributed by atoms with van der Waals surface area (Å²) in [5, 5.41) is 5.47. The lowest BCUT2D eigenvalue weighted by Gasteiger charge is -2.06. The van der Waals surface area contributed by atoms with Gasteiger partial charge >= 0.3 is 0 Å². The summed E-state index contributed by atoms with van der Waals surface area (Å²) in [7, 11) is -3.57. The molecule has 26 heavy (non-hydrogen) atoms. The van der Waals surface area contributed by atoms with E-state index in [4.69, 9.17) is 4.52 Å². The normalized spacial score (nSPS) is 12.0. The van der Waals surface area contributed by atoms with Crippen molar-refractivity contribution in [2.45, 2.75) is 24.5 Å². The molecule has 0 aliphatic carbocycles. The van der Waals surface area contributed by atoms with Crippen LogP contribution in [0.5, 0.6) is 0 Å². The van der Waals surface area contributed by atoms with Gasteiger partial charge in [-0.25, -0.2) is 17.5 Å². The fourth-order valence-corrected chi connectivity index (χ4v) is 4.45. The Labute approximate surface area is 155 Å². The van der Waals surface area contributed by atoms with E-state index in [-0.39, 0.29) is 15.9 Å². The molecule has 1 N–H and O–H groups in total. The first-order valence-electron chi connectivity index (χ1n) is 8.03. The first-order valence-corrected chi connectivity index (χ1v) is 10.4. The molecule has 0 amide bonds. The molecule has 0 aliphatic rings. The van der Waals surface area contributed by atoms with Crippen LogP contribution in [0.25, 0.3) is 22.8 Å². The minimum Gasteiger partial charge on any atom is -0.334 e. The van der Waals surface area contributed by atoms with Crippen molar-refractivity contribution in [1.82, 2.24) is 14.9 Å². The molecule has 0 radical (unpaired) electrons. The van der Waals surface area contributed by atoms with E-state index in [1.165, 1.54) is 18.2 Å². The Balaban J connectivity index is 1.78. The second-order valence-electron chi connectivity index (χ2n) is 6.17. The Morgan fingerprint density at radius 3 is 2.81 bits per heavy atom. The molecular formula is C17H18FN3O3S2. The zero-order chi connectivity index (χ0) is 18.7. The molecule has 0 atom stereocenters. The molecule has 0 unspecified atom stereocenters. The largest absolute Gasteiger partial charge is 0.334 e. The van der Waals surface area contributed by atoms with Gasteiger partial charge in [0.1, 0.15) is 10.0 Å². The third-order valence-electron chi connectivity index (χ3n) is 3.61. The minimum absolute atomic E-state index is 0.182. The van der Waals surface area contributed by atoms with Crippen LogP contribution in [0.15, 0.2) is 44.4 Å². The maximum absolute atomic E-state index is 13.3. The molecule has 9 heteroatoms. The average molecular weight is 395 g/mol. The van der Waals surface area contributed by atoms with E-state index in [1.807, 2.05) is 13.8 Å². The first kappa shape index (κ1) is 18.7. The molecule has 0 spiro atoms. The lowest BCUT2D eigenvalue weighted by atomic mass is 10.1. The van der Waals surface area contributed by atoms with Crippen molar-refractivity contribution in [2.24, 2.45) is 5.92 Å². The third-order valence-corrected chi connectivity index (χ3v) is 6.51. The Bertz CT molecular complexity index is 996. The van der Waals surface area contributed by atoms with Crippen molar-refractivity contribution in [2.75, 3.05) is 6.54 Å². The summed E-state index contributed by atoms with van der Waals surface area (Å²) in [4.78, 5) is 4.22. The SMILES string of the molecule is CC(C)CCNS(=O)(=O)c1cc(-c2nc(-c3cccc(F)c3)no2)cs1. The zero-order valence-corrected chi connectivity index (χ0v) is 15.9. The van der Waals surface area contributed by atoms with Gasteiger partial charge in [0, 0.05) is 17.5 Å². The maximum atomic E-state index is 13.3. The summed E-state index contributed by atoms with van der Waals surface area (Å²) in [5.41, 5.74) is 0.993. The van der Waals surface area contributed by atoms with Crippen molar-refractivity contribution in [3.63, 3.8) is 0 Å². The Kier molecular flexibility index (Phi) is 5.49. The molecule has 2 heterocycles. The van der Waals surface area contributed by atoms with Crippen LogP contribution >= 0.6 is 11.3 Å². The summed E-state index contributed by atoms with van der Waals surface area (Å²) < 4.78 is 45.9. The number of nitrogens with zero attached hydrogens (tertiary/aromatic N) is 2. The molecule has 0 bridgehead atoms. The molecule has 0 saturated heterocycles. The quantitative estimate of drug-likeness (QED) is 0.655. The molecule has 3 rings (SSSR count). The highest BCUT2D eigenvalue weighted by Gasteiger charge is 2.19. The number of thiophene rings is 1. The van der Waals surface area contributed by atoms with Crippen molar-refractivity contribution >= 4 is 21.4 Å². The predicted molar refractivity (Wildman–Crippen MR) is 97.6 cm³/mol. The monoisotopic (exact) mass is 395 g/mol. The van der Waals surface area contributed by atoms with E-state index < -0.39 is 15.8 Å². The van der Waals surface area contributed by atoms with Crippen LogP contribution in [0.1, 0.15) is 20.3 Å². The highest BCUT2D eigenvalue weighted by atomic mass is 32.2. The van der Waals surface area contributed by atoms with Crippen molar-refractivity contribution in [3.8, 4) is 22.8 Å². The Morgan fingerprint density at radius 1 is 1.27 bits per heavy atom. The van der Waals surface area contributed by atoms with Gasteiger partial charge in [0.2, 0.25) is 15.8 Å². The lowest BCUT2D eigenvalue weighted by Crippen LogP contribution is -2.24. The smallest absolute Gasteiger partial charge is 0.259 e. The fraction of sp³-hybridized carbons (Fsp3) is 0.294. The number of rotatable bonds is 7. The van der Waals surface area contributed by atoms with Crippen LogP contribution in [0.3, 0.4) is 0 Å². The maximum Gasteiger partial charge on any atom is 0.259 e. The van der Waals surface area contributed by atoms with Crippen LogP contribution in [0.2, 0.25) is 0 Å². The first-order chi connectivity index (χ1) is 12.3. The number of halogens is 1. The van der Waals surface area contributed by atoms with E-state index in [0.717, 1.165) is 17.8 Å². The van der Waals surface area contributed by atoms with Crippen LogP contribution < -0.4 is 4.72 Å². The van der Waals surface area contributed by atoms with Gasteiger partial charge in [0.25, 0.3) is 5.89 Å². The van der Waals surface area contributed by atoms with Crippen LogP contribution in [-0.2, 0) is 10.0 Å². The van der Waals surface area contributed by atoms with Crippen LogP contribution in [0.4, 0.5) is 4.39 Å². The number of sulfonamides is 1. The van der Waals surface area contributed by atoms with Crippen LogP contribution in [-0.4, -0.2) is 25.1 Å². The molecule has 0 aliphatic heterocycles. The van der Waals surface area contributed by atoms with Crippen LogP contribution in [0, 0.1) is 11.7 Å². The van der Waals surface area contributed by atoms with Gasteiger partial charge in [0.05, 0.1) is 5.56 Å². The van der Waals surface area contributed by atoms with Crippen molar-refractivity contribution < 1.29 is 17.3 Å². The standard InChI is InChI=1S/C17H18FN3O3S2/c1-11(2)6-7-19-26(22,23)15-9-13(10-25-15)17-20-16(21-24-17)12-4-3-5-14(18)8-12/h3-5,8-11,19H,6-7H2,1-2H3. The summed E-state index contributed by atoms with van der Waals surface area (Å²) in [6, 6.07) is 7.34. The molecular weight excluding hydrogens is 377 g/mol. The number of hydrogen-bond acceptors (Lipinski definition) is 6. The lowest BCUT2D eigenvalue weighted by molar-refractivity contribution is 0.432. The van der Waals surface area contributed by atoms with Gasteiger partial charge in [-0.1, -0.05) is 31.1 Å². The topological polar surface area (TPSA) is 85.1 Å². The van der Waals surface area contributed by atoms with Gasteiger partial charge in [-0.3, -0.25) is 0 Å². The fourth-order valence-electron chi connectivity index (χ4n) is 2.21. The number of benzene rings is 1. The van der Waals surface area contributed by atoms with E-state index in [9.17, 15) is 12.8 Å². The van der Waals surface area contributed by atoms with Gasteiger partial charge in [-0.15, -0.1) is 11.3 Å². The highest BCUT2D eigenvalue weighted by molar-refractivity contribution is 7.91. The zero-order valence-electron chi connectivity index (χ0n) is 14.3. The Morgan fingerprint density at radius 2 is 2.08 bits per heavy atom. The summed E-state index contributed by atoms with van der Waals surface area (Å²) in [6.07, 6.45) is 0.762. The van der Waals surface area contributed by atoms with Crippen molar-refractivity contribution in [1.29, 1.82) is 0 Å². The van der Waals surface area contributed by atoms with Crippen molar-refractivity contribution in [3.05, 3.63) is 41.5 Å². The molecule has 6 nitrogen and oxygen atoms in total. The van der Waals surface area contributed by atoms with E-state index in [0.29, 0.717) is 23.6 Å². The summed E-state index contributed by atoms with van der Waals surface area (Å²) in [6.45, 7) is 4.45. The number of nitrogens with one attached hydrogen (secondary N) is 1. The number of hydrogen-bond donors (Lipinski definition) is 1. The average Bonchev–Trinajstić information content (AvgIpc) is 3.24. The second kappa shape index (κ2) is 7.65. The molecule has 0 saturated carbocycles. The highest BCUT2D eigenvalue weighted by Crippen LogP contribution is 2.29. The molecule has 0 fully saturated rings. The molecule has 3 aromatic rings.